The predicted octanol–water partition coefficient (Wildman–Crippen LogP) is 0.546. The van der Waals surface area contributed by atoms with Gasteiger partial charge in [0.1, 0.15) is 0 Å². The largest absolute Gasteiger partial charge is 0.461 e. The van der Waals surface area contributed by atoms with E-state index in [9.17, 15) is 18.0 Å². The second kappa shape index (κ2) is 5.56. The van der Waals surface area contributed by atoms with Gasteiger partial charge >= 0.3 is 0 Å². The molecular weight excluding hydrogens is 270 g/mol. The fourth-order valence-electron chi connectivity index (χ4n) is 2.00. The normalized spacial score (nSPS) is 21.2. The van der Waals surface area contributed by atoms with Crippen molar-refractivity contribution in [2.75, 3.05) is 11.5 Å². The Kier molecular flexibility index (Phi) is 4.04. The second-order valence-electron chi connectivity index (χ2n) is 4.57. The molecule has 1 aliphatic rings. The zero-order valence-electron chi connectivity index (χ0n) is 10.3. The summed E-state index contributed by atoms with van der Waals surface area (Å²) in [7, 11) is -3.00. The SMILES string of the molecule is O=C(CCC(=O)c1ccco1)NC1CCS(=O)(=O)C1. The highest BCUT2D eigenvalue weighted by Gasteiger charge is 2.28. The summed E-state index contributed by atoms with van der Waals surface area (Å²) in [6.45, 7) is 0. The van der Waals surface area contributed by atoms with Crippen molar-refractivity contribution in [2.24, 2.45) is 0 Å². The highest BCUT2D eigenvalue weighted by Crippen LogP contribution is 2.12. The van der Waals surface area contributed by atoms with Gasteiger partial charge < -0.3 is 9.73 Å². The number of rotatable bonds is 5. The summed E-state index contributed by atoms with van der Waals surface area (Å²) < 4.78 is 27.4. The first-order valence-electron chi connectivity index (χ1n) is 6.03. The summed E-state index contributed by atoms with van der Waals surface area (Å²) in [6.07, 6.45) is 1.94. The molecule has 7 heteroatoms. The molecule has 0 aromatic carbocycles. The molecule has 1 aromatic heterocycles. The van der Waals surface area contributed by atoms with Crippen LogP contribution in [0.2, 0.25) is 0 Å². The van der Waals surface area contributed by atoms with Crippen LogP contribution in [0, 0.1) is 0 Å². The van der Waals surface area contributed by atoms with Gasteiger partial charge in [-0.15, -0.1) is 0 Å². The minimum atomic E-state index is -3.00. The quantitative estimate of drug-likeness (QED) is 0.797. The van der Waals surface area contributed by atoms with Crippen molar-refractivity contribution in [3.63, 3.8) is 0 Å². The molecule has 0 aliphatic carbocycles. The predicted molar refractivity (Wildman–Crippen MR) is 67.5 cm³/mol. The third kappa shape index (κ3) is 3.92. The molecule has 0 spiro atoms. The number of nitrogens with one attached hydrogen (secondary N) is 1. The molecule has 6 nitrogen and oxygen atoms in total. The first-order chi connectivity index (χ1) is 8.96. The van der Waals surface area contributed by atoms with E-state index in [1.165, 1.54) is 6.26 Å². The van der Waals surface area contributed by atoms with E-state index in [4.69, 9.17) is 4.42 Å². The van der Waals surface area contributed by atoms with Crippen molar-refractivity contribution < 1.29 is 22.4 Å². The Morgan fingerprint density at radius 3 is 2.74 bits per heavy atom. The van der Waals surface area contributed by atoms with E-state index in [1.54, 1.807) is 12.1 Å². The fourth-order valence-corrected chi connectivity index (χ4v) is 3.67. The average molecular weight is 285 g/mol. The van der Waals surface area contributed by atoms with Crippen LogP contribution in [0.25, 0.3) is 0 Å². The van der Waals surface area contributed by atoms with Gasteiger partial charge in [-0.05, 0) is 18.6 Å². The molecule has 0 saturated carbocycles. The van der Waals surface area contributed by atoms with Gasteiger partial charge in [0.25, 0.3) is 0 Å². The number of furan rings is 1. The van der Waals surface area contributed by atoms with Crippen LogP contribution in [0.1, 0.15) is 29.8 Å². The van der Waals surface area contributed by atoms with Crippen LogP contribution in [-0.4, -0.2) is 37.7 Å². The van der Waals surface area contributed by atoms with Crippen LogP contribution in [0.4, 0.5) is 0 Å². The number of hydrogen-bond donors (Lipinski definition) is 1. The van der Waals surface area contributed by atoms with E-state index in [0.717, 1.165) is 0 Å². The summed E-state index contributed by atoms with van der Waals surface area (Å²) in [5.74, 6) is -0.203. The standard InChI is InChI=1S/C12H15NO5S/c14-10(11-2-1-6-18-11)3-4-12(15)13-9-5-7-19(16,17)8-9/h1-2,6,9H,3-5,7-8H2,(H,13,15). The lowest BCUT2D eigenvalue weighted by Gasteiger charge is -2.09. The zero-order chi connectivity index (χ0) is 13.9. The minimum Gasteiger partial charge on any atom is -0.461 e. The van der Waals surface area contributed by atoms with Crippen LogP contribution >= 0.6 is 0 Å². The summed E-state index contributed by atoms with van der Waals surface area (Å²) in [6, 6.07) is 2.83. The molecular formula is C12H15NO5S. The molecule has 2 rings (SSSR count). The van der Waals surface area contributed by atoms with E-state index in [-0.39, 0.29) is 47.8 Å². The molecule has 0 radical (unpaired) electrons. The topological polar surface area (TPSA) is 93.4 Å². The number of sulfone groups is 1. The number of carbonyl (C=O) groups excluding carboxylic acids is 2. The van der Waals surface area contributed by atoms with Crippen LogP contribution in [0.15, 0.2) is 22.8 Å². The maximum absolute atomic E-state index is 11.6. The monoisotopic (exact) mass is 285 g/mol. The minimum absolute atomic E-state index is 0.00906. The maximum Gasteiger partial charge on any atom is 0.220 e. The Bertz CT molecular complexity index is 561. The molecule has 2 heterocycles. The summed E-state index contributed by atoms with van der Waals surface area (Å²) in [4.78, 5) is 23.2. The molecule has 1 N–H and O–H groups in total. The lowest BCUT2D eigenvalue weighted by Crippen LogP contribution is -2.35. The van der Waals surface area contributed by atoms with Crippen LogP contribution in [-0.2, 0) is 14.6 Å². The lowest BCUT2D eigenvalue weighted by molar-refractivity contribution is -0.121. The number of Topliss-reactive ketones (excluding diaryl/α,β-unsaturated/α-hetero) is 1. The first kappa shape index (κ1) is 13.8. The number of amides is 1. The molecule has 1 atom stereocenters. The summed E-state index contributed by atoms with van der Waals surface area (Å²) >= 11 is 0. The lowest BCUT2D eigenvalue weighted by atomic mass is 10.1. The van der Waals surface area contributed by atoms with E-state index < -0.39 is 9.84 Å². The van der Waals surface area contributed by atoms with Gasteiger partial charge in [-0.2, -0.15) is 0 Å². The molecule has 1 aliphatic heterocycles. The number of carbonyl (C=O) groups is 2. The molecule has 1 amide bonds. The molecule has 104 valence electrons. The molecule has 1 fully saturated rings. The third-order valence-corrected chi connectivity index (χ3v) is 4.74. The van der Waals surface area contributed by atoms with Gasteiger partial charge in [-0.1, -0.05) is 0 Å². The van der Waals surface area contributed by atoms with Gasteiger partial charge in [-0.3, -0.25) is 9.59 Å². The van der Waals surface area contributed by atoms with Gasteiger partial charge in [0.15, 0.2) is 21.4 Å². The van der Waals surface area contributed by atoms with Gasteiger partial charge in [0.2, 0.25) is 5.91 Å². The Hall–Kier alpha value is -1.63. The number of hydrogen-bond acceptors (Lipinski definition) is 5. The van der Waals surface area contributed by atoms with E-state index in [1.807, 2.05) is 0 Å². The third-order valence-electron chi connectivity index (χ3n) is 2.97. The van der Waals surface area contributed by atoms with Crippen molar-refractivity contribution in [1.82, 2.24) is 5.32 Å². The van der Waals surface area contributed by atoms with Gasteiger partial charge in [-0.25, -0.2) is 8.42 Å². The van der Waals surface area contributed by atoms with Crippen molar-refractivity contribution >= 4 is 21.5 Å². The summed E-state index contributed by atoms with van der Waals surface area (Å²) in [5.41, 5.74) is 0. The smallest absolute Gasteiger partial charge is 0.220 e. The van der Waals surface area contributed by atoms with Crippen LogP contribution < -0.4 is 5.32 Å². The molecule has 0 bridgehead atoms. The fraction of sp³-hybridized carbons (Fsp3) is 0.500. The second-order valence-corrected chi connectivity index (χ2v) is 6.80. The Morgan fingerprint density at radius 1 is 1.37 bits per heavy atom. The highest BCUT2D eigenvalue weighted by molar-refractivity contribution is 7.91. The Labute approximate surface area is 111 Å². The van der Waals surface area contributed by atoms with Crippen molar-refractivity contribution in [1.29, 1.82) is 0 Å². The van der Waals surface area contributed by atoms with Gasteiger partial charge in [0.05, 0.1) is 17.8 Å². The Balaban J connectivity index is 1.75. The highest BCUT2D eigenvalue weighted by atomic mass is 32.2. The van der Waals surface area contributed by atoms with E-state index in [0.29, 0.717) is 6.42 Å². The molecule has 1 unspecified atom stereocenters. The molecule has 1 aromatic rings. The van der Waals surface area contributed by atoms with E-state index >= 15 is 0 Å². The average Bonchev–Trinajstić information content (AvgIpc) is 2.96. The van der Waals surface area contributed by atoms with Crippen molar-refractivity contribution in [3.8, 4) is 0 Å². The summed E-state index contributed by atoms with van der Waals surface area (Å²) in [5, 5.41) is 2.63. The molecule has 19 heavy (non-hydrogen) atoms. The van der Waals surface area contributed by atoms with Crippen molar-refractivity contribution in [2.45, 2.75) is 25.3 Å². The first-order valence-corrected chi connectivity index (χ1v) is 7.85. The maximum atomic E-state index is 11.6. The number of ketones is 1. The van der Waals surface area contributed by atoms with E-state index in [2.05, 4.69) is 5.32 Å². The van der Waals surface area contributed by atoms with Crippen LogP contribution in [0.3, 0.4) is 0 Å². The molecule has 1 saturated heterocycles. The Morgan fingerprint density at radius 2 is 2.16 bits per heavy atom. The zero-order valence-corrected chi connectivity index (χ0v) is 11.1. The van der Waals surface area contributed by atoms with Gasteiger partial charge in [0, 0.05) is 18.9 Å². The van der Waals surface area contributed by atoms with Crippen LogP contribution in [0.5, 0.6) is 0 Å². The van der Waals surface area contributed by atoms with Crippen molar-refractivity contribution in [3.05, 3.63) is 24.2 Å².